The molecule has 0 bridgehead atoms. The summed E-state index contributed by atoms with van der Waals surface area (Å²) in [6.07, 6.45) is 32.1. The first-order valence-electron chi connectivity index (χ1n) is 17.0. The average Bonchev–Trinajstić information content (AvgIpc) is 3.37. The van der Waals surface area contributed by atoms with E-state index in [1.165, 1.54) is 171 Å². The first-order chi connectivity index (χ1) is 18.7. The van der Waals surface area contributed by atoms with Gasteiger partial charge >= 0.3 is 0 Å². The predicted molar refractivity (Wildman–Crippen MR) is 171 cm³/mol. The molecular formula is C33H67N4S+. The van der Waals surface area contributed by atoms with Crippen molar-refractivity contribution in [3.8, 4) is 0 Å². The summed E-state index contributed by atoms with van der Waals surface area (Å²) in [5.41, 5.74) is 1.23. The zero-order valence-corrected chi connectivity index (χ0v) is 27.0. The Kier molecular flexibility index (Phi) is 23.7. The van der Waals surface area contributed by atoms with E-state index in [4.69, 9.17) is 5.10 Å². The standard InChI is InChI=1S/C33H66N4S/c1-4-7-10-22-27-37(28-23-11-8-5-2,29-24-12-9-6-3)32-33-31-36(35-34-33)26-21-19-17-15-13-14-16-18-20-25-30-38/h31H,4-30,32H2,1-3H3/p+1. The molecule has 0 aromatic carbocycles. The van der Waals surface area contributed by atoms with Crippen LogP contribution in [0, 0.1) is 0 Å². The van der Waals surface area contributed by atoms with Crippen LogP contribution in [-0.2, 0) is 13.1 Å². The summed E-state index contributed by atoms with van der Waals surface area (Å²) in [4.78, 5) is 0. The first kappa shape index (κ1) is 35.5. The van der Waals surface area contributed by atoms with Crippen LogP contribution in [0.25, 0.3) is 0 Å². The van der Waals surface area contributed by atoms with Crippen molar-refractivity contribution in [3.05, 3.63) is 11.9 Å². The maximum Gasteiger partial charge on any atom is 0.137 e. The maximum absolute atomic E-state index is 4.70. The predicted octanol–water partition coefficient (Wildman–Crippen LogP) is 10.2. The van der Waals surface area contributed by atoms with Crippen molar-refractivity contribution in [2.45, 2.75) is 175 Å². The van der Waals surface area contributed by atoms with E-state index in [2.05, 4.69) is 49.5 Å². The smallest absolute Gasteiger partial charge is 0.137 e. The number of aryl methyl sites for hydroxylation is 1. The molecule has 224 valence electrons. The van der Waals surface area contributed by atoms with Crippen molar-refractivity contribution < 1.29 is 4.48 Å². The third-order valence-electron chi connectivity index (χ3n) is 8.34. The second kappa shape index (κ2) is 25.4. The highest BCUT2D eigenvalue weighted by atomic mass is 32.1. The Labute approximate surface area is 244 Å². The van der Waals surface area contributed by atoms with E-state index in [0.717, 1.165) is 18.8 Å². The van der Waals surface area contributed by atoms with Crippen LogP contribution in [0.1, 0.15) is 168 Å². The zero-order valence-electron chi connectivity index (χ0n) is 26.1. The summed E-state index contributed by atoms with van der Waals surface area (Å²) < 4.78 is 3.38. The second-order valence-corrected chi connectivity index (χ2v) is 12.5. The number of rotatable bonds is 29. The Balaban J connectivity index is 2.54. The molecule has 0 fully saturated rings. The van der Waals surface area contributed by atoms with Crippen LogP contribution in [0.15, 0.2) is 6.20 Å². The molecule has 0 saturated carbocycles. The second-order valence-electron chi connectivity index (χ2n) is 12.1. The van der Waals surface area contributed by atoms with Crippen molar-refractivity contribution in [3.63, 3.8) is 0 Å². The topological polar surface area (TPSA) is 30.7 Å². The summed E-state index contributed by atoms with van der Waals surface area (Å²) in [5, 5.41) is 9.26. The fraction of sp³-hybridized carbons (Fsp3) is 0.939. The number of hydrogen-bond donors (Lipinski definition) is 1. The van der Waals surface area contributed by atoms with Crippen molar-refractivity contribution in [1.82, 2.24) is 15.0 Å². The molecule has 0 saturated heterocycles. The van der Waals surface area contributed by atoms with Gasteiger partial charge < -0.3 is 4.48 Å². The van der Waals surface area contributed by atoms with Gasteiger partial charge in [-0.05, 0) is 57.1 Å². The molecule has 1 heterocycles. The van der Waals surface area contributed by atoms with Gasteiger partial charge in [0.2, 0.25) is 0 Å². The molecule has 1 aromatic rings. The summed E-state index contributed by atoms with van der Waals surface area (Å²) >= 11 is 4.30. The highest BCUT2D eigenvalue weighted by Gasteiger charge is 2.28. The van der Waals surface area contributed by atoms with Gasteiger partial charge in [-0.15, -0.1) is 5.10 Å². The fourth-order valence-corrected chi connectivity index (χ4v) is 6.08. The van der Waals surface area contributed by atoms with E-state index < -0.39 is 0 Å². The molecule has 0 amide bonds. The largest absolute Gasteiger partial charge is 0.318 e. The van der Waals surface area contributed by atoms with E-state index in [-0.39, 0.29) is 0 Å². The van der Waals surface area contributed by atoms with E-state index in [0.29, 0.717) is 0 Å². The lowest BCUT2D eigenvalue weighted by molar-refractivity contribution is -0.942. The van der Waals surface area contributed by atoms with Crippen LogP contribution < -0.4 is 0 Å². The Bertz CT molecular complexity index is 587. The first-order valence-corrected chi connectivity index (χ1v) is 17.7. The van der Waals surface area contributed by atoms with Gasteiger partial charge in [0.05, 0.1) is 25.8 Å². The highest BCUT2D eigenvalue weighted by Crippen LogP contribution is 2.21. The van der Waals surface area contributed by atoms with Crippen LogP contribution in [0.5, 0.6) is 0 Å². The average molecular weight is 552 g/mol. The molecule has 0 spiro atoms. The minimum absolute atomic E-state index is 1.03. The van der Waals surface area contributed by atoms with Crippen molar-refractivity contribution in [1.29, 1.82) is 0 Å². The number of aromatic nitrogens is 3. The van der Waals surface area contributed by atoms with Gasteiger partial charge in [0.25, 0.3) is 0 Å². The molecule has 0 atom stereocenters. The van der Waals surface area contributed by atoms with Crippen molar-refractivity contribution in [2.75, 3.05) is 25.4 Å². The van der Waals surface area contributed by atoms with Crippen LogP contribution in [0.4, 0.5) is 0 Å². The molecule has 0 unspecified atom stereocenters. The van der Waals surface area contributed by atoms with Gasteiger partial charge in [-0.25, -0.2) is 0 Å². The van der Waals surface area contributed by atoms with Crippen LogP contribution in [-0.4, -0.2) is 44.9 Å². The minimum Gasteiger partial charge on any atom is -0.318 e. The lowest BCUT2D eigenvalue weighted by atomic mass is 10.1. The van der Waals surface area contributed by atoms with E-state index >= 15 is 0 Å². The molecular weight excluding hydrogens is 484 g/mol. The van der Waals surface area contributed by atoms with Gasteiger partial charge in [0.1, 0.15) is 12.2 Å². The van der Waals surface area contributed by atoms with Gasteiger partial charge in [-0.1, -0.05) is 116 Å². The van der Waals surface area contributed by atoms with Crippen molar-refractivity contribution in [2.24, 2.45) is 0 Å². The number of hydrogen-bond acceptors (Lipinski definition) is 3. The lowest BCUT2D eigenvalue weighted by Crippen LogP contribution is -2.49. The van der Waals surface area contributed by atoms with Crippen LogP contribution in [0.3, 0.4) is 0 Å². The minimum atomic E-state index is 1.03. The third kappa shape index (κ3) is 18.7. The molecule has 0 aliphatic carbocycles. The number of nitrogens with zero attached hydrogens (tertiary/aromatic N) is 4. The van der Waals surface area contributed by atoms with Crippen LogP contribution >= 0.6 is 12.6 Å². The number of unbranched alkanes of at least 4 members (excludes halogenated alkanes) is 18. The molecule has 0 aliphatic heterocycles. The highest BCUT2D eigenvalue weighted by molar-refractivity contribution is 7.80. The molecule has 1 aromatic heterocycles. The number of quaternary nitrogens is 1. The monoisotopic (exact) mass is 552 g/mol. The zero-order chi connectivity index (χ0) is 27.6. The maximum atomic E-state index is 4.70. The Morgan fingerprint density at radius 3 is 1.45 bits per heavy atom. The van der Waals surface area contributed by atoms with Crippen molar-refractivity contribution >= 4 is 12.6 Å². The Morgan fingerprint density at radius 2 is 1.00 bits per heavy atom. The summed E-state index contributed by atoms with van der Waals surface area (Å²) in [6.45, 7) is 13.0. The Morgan fingerprint density at radius 1 is 0.579 bits per heavy atom. The molecule has 38 heavy (non-hydrogen) atoms. The molecule has 0 N–H and O–H groups in total. The quantitative estimate of drug-likeness (QED) is 0.0610. The Hall–Kier alpha value is -0.550. The fourth-order valence-electron chi connectivity index (χ4n) is 5.86. The third-order valence-corrected chi connectivity index (χ3v) is 8.65. The molecule has 0 radical (unpaired) electrons. The summed E-state index contributed by atoms with van der Waals surface area (Å²) in [6, 6.07) is 0. The molecule has 0 aliphatic rings. The van der Waals surface area contributed by atoms with Gasteiger partial charge in [-0.3, -0.25) is 4.68 Å². The van der Waals surface area contributed by atoms with Gasteiger partial charge in [0.15, 0.2) is 0 Å². The summed E-state index contributed by atoms with van der Waals surface area (Å²) in [7, 11) is 0. The molecule has 5 heteroatoms. The summed E-state index contributed by atoms with van der Waals surface area (Å²) in [5.74, 6) is 1.05. The SMILES string of the molecule is CCCCCC[N+](CCCCCC)(CCCCCC)Cc1cn(CCCCCCCCCCCCS)nn1. The normalized spacial score (nSPS) is 12.0. The molecule has 4 nitrogen and oxygen atoms in total. The van der Waals surface area contributed by atoms with Gasteiger partial charge in [0, 0.05) is 6.54 Å². The number of thiol groups is 1. The van der Waals surface area contributed by atoms with E-state index in [1.54, 1.807) is 0 Å². The van der Waals surface area contributed by atoms with E-state index in [9.17, 15) is 0 Å². The van der Waals surface area contributed by atoms with E-state index in [1.807, 2.05) is 0 Å². The van der Waals surface area contributed by atoms with Gasteiger partial charge in [-0.2, -0.15) is 12.6 Å². The molecule has 1 rings (SSSR count). The van der Waals surface area contributed by atoms with Crippen LogP contribution in [0.2, 0.25) is 0 Å². The lowest BCUT2D eigenvalue weighted by Gasteiger charge is -2.39.